The summed E-state index contributed by atoms with van der Waals surface area (Å²) in [6.07, 6.45) is 4.73. The summed E-state index contributed by atoms with van der Waals surface area (Å²) in [6.45, 7) is 9.44. The zero-order chi connectivity index (χ0) is 28.9. The number of benzene rings is 2. The highest BCUT2D eigenvalue weighted by molar-refractivity contribution is 5.85. The molecular weight excluding hydrogens is 537 g/mol. The average Bonchev–Trinajstić information content (AvgIpc) is 3.70. The highest BCUT2D eigenvalue weighted by Gasteiger charge is 2.51. The van der Waals surface area contributed by atoms with E-state index in [1.54, 1.807) is 0 Å². The molecule has 2 aromatic carbocycles. The molecule has 0 N–H and O–H groups in total. The molecule has 2 aromatic rings. The van der Waals surface area contributed by atoms with E-state index >= 15 is 0 Å². The van der Waals surface area contributed by atoms with Gasteiger partial charge in [0.25, 0.3) is 0 Å². The van der Waals surface area contributed by atoms with Gasteiger partial charge in [-0.2, -0.15) is 0 Å². The number of esters is 1. The van der Waals surface area contributed by atoms with Crippen LogP contribution in [0.3, 0.4) is 0 Å². The number of amidine groups is 1. The molecule has 0 bridgehead atoms. The fraction of sp³-hybridized carbons (Fsp3) is 0.576. The number of hydrogen-bond donors (Lipinski definition) is 0. The highest BCUT2D eigenvalue weighted by Crippen LogP contribution is 2.47. The summed E-state index contributed by atoms with van der Waals surface area (Å²) in [5, 5.41) is 4.51. The van der Waals surface area contributed by atoms with E-state index in [0.29, 0.717) is 25.7 Å². The van der Waals surface area contributed by atoms with Crippen molar-refractivity contribution in [2.24, 2.45) is 10.6 Å². The van der Waals surface area contributed by atoms with Crippen LogP contribution in [-0.2, 0) is 25.7 Å². The molecule has 0 radical (unpaired) electrons. The standard InChI is InChI=1S/C33H40FN3O5/c1-3-40-31(38)32(2)10-12-37(13-11-32)30-16-33(42-35-30)20-36(21-33)17-24-14-27(22-4-5-22)28(23-6-8-25(34)9-7-23)15-29(24)41-26-18-39-19-26/h6-9,14-15,22,26H,3-5,10-13,16-21H2,1-2H3. The van der Waals surface area contributed by atoms with Gasteiger partial charge in [0.05, 0.1) is 31.7 Å². The predicted molar refractivity (Wildman–Crippen MR) is 156 cm³/mol. The Kier molecular flexibility index (Phi) is 7.13. The van der Waals surface area contributed by atoms with Gasteiger partial charge in [-0.25, -0.2) is 4.39 Å². The fourth-order valence-electron chi connectivity index (χ4n) is 6.68. The summed E-state index contributed by atoms with van der Waals surface area (Å²) in [5.74, 6) is 2.10. The maximum absolute atomic E-state index is 13.7. The van der Waals surface area contributed by atoms with Gasteiger partial charge in [0.15, 0.2) is 5.60 Å². The van der Waals surface area contributed by atoms with E-state index in [-0.39, 0.29) is 23.5 Å². The van der Waals surface area contributed by atoms with Crippen LogP contribution in [0.15, 0.2) is 41.6 Å². The number of carbonyl (C=O) groups is 1. The second-order valence-electron chi connectivity index (χ2n) is 13.0. The Hall–Kier alpha value is -3.17. The molecule has 1 aliphatic carbocycles. The van der Waals surface area contributed by atoms with Gasteiger partial charge >= 0.3 is 5.97 Å². The van der Waals surface area contributed by atoms with Crippen molar-refractivity contribution in [3.63, 3.8) is 0 Å². The van der Waals surface area contributed by atoms with Gasteiger partial charge in [-0.3, -0.25) is 9.69 Å². The first-order valence-electron chi connectivity index (χ1n) is 15.4. The first-order chi connectivity index (χ1) is 20.3. The molecule has 4 aliphatic heterocycles. The van der Waals surface area contributed by atoms with E-state index in [0.717, 1.165) is 74.7 Å². The molecule has 0 amide bonds. The van der Waals surface area contributed by atoms with Gasteiger partial charge in [0.1, 0.15) is 23.5 Å². The van der Waals surface area contributed by atoms with Crippen LogP contribution in [0.5, 0.6) is 5.75 Å². The van der Waals surface area contributed by atoms with Crippen LogP contribution in [0.4, 0.5) is 4.39 Å². The predicted octanol–water partition coefficient (Wildman–Crippen LogP) is 5.10. The number of ether oxygens (including phenoxy) is 3. The summed E-state index contributed by atoms with van der Waals surface area (Å²) in [5.41, 5.74) is 3.95. The van der Waals surface area contributed by atoms with E-state index in [2.05, 4.69) is 27.1 Å². The van der Waals surface area contributed by atoms with E-state index in [1.807, 2.05) is 26.0 Å². The number of nitrogens with zero attached hydrogens (tertiary/aromatic N) is 3. The molecule has 1 spiro atoms. The average molecular weight is 578 g/mol. The SMILES string of the molecule is CCOC(=O)C1(C)CCN(C2=NOC3(C2)CN(Cc2cc(C4CC4)c(-c4ccc(F)cc4)cc2OC2COC2)C3)CC1. The summed E-state index contributed by atoms with van der Waals surface area (Å²) in [4.78, 5) is 23.2. The molecule has 8 nitrogen and oxygen atoms in total. The molecule has 0 atom stereocenters. The molecule has 0 unspecified atom stereocenters. The molecule has 4 fully saturated rings. The van der Waals surface area contributed by atoms with Gasteiger partial charge in [-0.05, 0) is 86.4 Å². The highest BCUT2D eigenvalue weighted by atomic mass is 19.1. The minimum absolute atomic E-state index is 0.0590. The number of carbonyl (C=O) groups excluding carboxylic acids is 1. The quantitative estimate of drug-likeness (QED) is 0.404. The topological polar surface area (TPSA) is 72.8 Å². The summed E-state index contributed by atoms with van der Waals surface area (Å²) < 4.78 is 30.8. The van der Waals surface area contributed by atoms with E-state index in [4.69, 9.17) is 19.0 Å². The van der Waals surface area contributed by atoms with Crippen molar-refractivity contribution in [3.8, 4) is 16.9 Å². The van der Waals surface area contributed by atoms with E-state index in [1.165, 1.54) is 36.1 Å². The lowest BCUT2D eigenvalue weighted by Gasteiger charge is -2.46. The summed E-state index contributed by atoms with van der Waals surface area (Å²) in [6, 6.07) is 11.3. The zero-order valence-electron chi connectivity index (χ0n) is 24.6. The minimum atomic E-state index is -0.422. The smallest absolute Gasteiger partial charge is 0.311 e. The Balaban J connectivity index is 1.02. The Morgan fingerprint density at radius 1 is 1.12 bits per heavy atom. The number of rotatable bonds is 8. The van der Waals surface area contributed by atoms with Gasteiger partial charge in [-0.15, -0.1) is 0 Å². The van der Waals surface area contributed by atoms with Crippen LogP contribution in [0.2, 0.25) is 0 Å². The van der Waals surface area contributed by atoms with Gasteiger partial charge in [0.2, 0.25) is 0 Å². The van der Waals surface area contributed by atoms with E-state index in [9.17, 15) is 9.18 Å². The van der Waals surface area contributed by atoms with Crippen LogP contribution >= 0.6 is 0 Å². The number of halogens is 1. The Labute approximate surface area is 246 Å². The molecule has 224 valence electrons. The Morgan fingerprint density at radius 2 is 1.86 bits per heavy atom. The normalized spacial score (nSPS) is 23.1. The van der Waals surface area contributed by atoms with Crippen molar-refractivity contribution in [2.45, 2.75) is 70.1 Å². The molecule has 1 saturated carbocycles. The molecule has 0 aromatic heterocycles. The number of piperidine rings is 1. The van der Waals surface area contributed by atoms with Crippen molar-refractivity contribution >= 4 is 11.8 Å². The number of likely N-dealkylation sites (tertiary alicyclic amines) is 2. The van der Waals surface area contributed by atoms with Crippen molar-refractivity contribution in [1.29, 1.82) is 0 Å². The van der Waals surface area contributed by atoms with Crippen LogP contribution < -0.4 is 4.74 Å². The lowest BCUT2D eigenvalue weighted by atomic mass is 9.80. The van der Waals surface area contributed by atoms with Crippen molar-refractivity contribution < 1.29 is 28.2 Å². The monoisotopic (exact) mass is 577 g/mol. The third-order valence-electron chi connectivity index (χ3n) is 9.55. The molecule has 7 rings (SSSR count). The molecule has 4 heterocycles. The van der Waals surface area contributed by atoms with Crippen molar-refractivity contribution in [1.82, 2.24) is 9.80 Å². The lowest BCUT2D eigenvalue weighted by molar-refractivity contribution is -0.156. The minimum Gasteiger partial charge on any atom is -0.485 e. The van der Waals surface area contributed by atoms with Crippen molar-refractivity contribution in [3.05, 3.63) is 53.3 Å². The van der Waals surface area contributed by atoms with Gasteiger partial charge < -0.3 is 23.9 Å². The lowest BCUT2D eigenvalue weighted by Crippen LogP contribution is -2.61. The number of hydrogen-bond acceptors (Lipinski definition) is 8. The summed E-state index contributed by atoms with van der Waals surface area (Å²) >= 11 is 0. The third-order valence-corrected chi connectivity index (χ3v) is 9.55. The fourth-order valence-corrected chi connectivity index (χ4v) is 6.68. The third kappa shape index (κ3) is 5.37. The first kappa shape index (κ1) is 27.7. The largest absolute Gasteiger partial charge is 0.485 e. The van der Waals surface area contributed by atoms with Gasteiger partial charge in [-0.1, -0.05) is 17.3 Å². The van der Waals surface area contributed by atoms with E-state index < -0.39 is 5.41 Å². The van der Waals surface area contributed by atoms with Crippen molar-refractivity contribution in [2.75, 3.05) is 46.0 Å². The second-order valence-corrected chi connectivity index (χ2v) is 13.0. The number of oxime groups is 1. The first-order valence-corrected chi connectivity index (χ1v) is 15.4. The van der Waals surface area contributed by atoms with Crippen LogP contribution in [0, 0.1) is 11.2 Å². The van der Waals surface area contributed by atoms with Gasteiger partial charge in [0, 0.05) is 38.3 Å². The molecule has 42 heavy (non-hydrogen) atoms. The Morgan fingerprint density at radius 3 is 2.50 bits per heavy atom. The molecule has 3 saturated heterocycles. The second kappa shape index (κ2) is 10.8. The maximum atomic E-state index is 13.7. The van der Waals surface area contributed by atoms with Crippen LogP contribution in [0.25, 0.3) is 11.1 Å². The Bertz CT molecular complexity index is 1360. The zero-order valence-corrected chi connectivity index (χ0v) is 24.6. The van der Waals surface area contributed by atoms with Crippen LogP contribution in [0.1, 0.15) is 63.0 Å². The summed E-state index contributed by atoms with van der Waals surface area (Å²) in [7, 11) is 0. The van der Waals surface area contributed by atoms with Crippen LogP contribution in [-0.4, -0.2) is 79.3 Å². The molecular formula is C33H40FN3O5. The molecule has 5 aliphatic rings. The molecule has 9 heteroatoms. The maximum Gasteiger partial charge on any atom is 0.311 e.